The molecule has 5 nitrogen and oxygen atoms in total. The molecular formula is C27H24N2O3S2. The minimum Gasteiger partial charge on any atom is -0.484 e. The van der Waals surface area contributed by atoms with Crippen LogP contribution in [0.2, 0.25) is 0 Å². The van der Waals surface area contributed by atoms with Gasteiger partial charge in [-0.1, -0.05) is 65.9 Å². The van der Waals surface area contributed by atoms with Crippen LogP contribution in [-0.4, -0.2) is 22.7 Å². The number of nitrogens with one attached hydrogen (secondary N) is 1. The van der Waals surface area contributed by atoms with Crippen LogP contribution in [0.1, 0.15) is 22.3 Å². The van der Waals surface area contributed by atoms with Gasteiger partial charge in [0.25, 0.3) is 11.8 Å². The molecule has 1 heterocycles. The molecule has 0 bridgehead atoms. The molecular weight excluding hydrogens is 464 g/mol. The molecule has 0 spiro atoms. The van der Waals surface area contributed by atoms with Gasteiger partial charge < -0.3 is 10.1 Å². The smallest absolute Gasteiger partial charge is 0.270 e. The van der Waals surface area contributed by atoms with Gasteiger partial charge in [0.1, 0.15) is 5.75 Å². The maximum Gasteiger partial charge on any atom is 0.270 e. The Labute approximate surface area is 208 Å². The molecule has 0 aliphatic carbocycles. The van der Waals surface area contributed by atoms with Crippen LogP contribution >= 0.6 is 24.0 Å². The van der Waals surface area contributed by atoms with Gasteiger partial charge in [-0.05, 0) is 73.9 Å². The van der Waals surface area contributed by atoms with Crippen molar-refractivity contribution in [2.45, 2.75) is 20.8 Å². The van der Waals surface area contributed by atoms with Gasteiger partial charge in [-0.15, -0.1) is 0 Å². The van der Waals surface area contributed by atoms with E-state index in [1.165, 1.54) is 11.8 Å². The highest BCUT2D eigenvalue weighted by Crippen LogP contribution is 2.36. The molecule has 3 aromatic rings. The number of hydrogen-bond donors (Lipinski definition) is 1. The third-order valence-electron chi connectivity index (χ3n) is 5.51. The minimum absolute atomic E-state index is 0.0953. The standard InChI is InChI=1S/C27H24N2O3S2/c1-17-7-11-21(12-8-17)29-26(31)24(34-27(29)33)15-20-9-13-22(14-10-20)32-16-25(30)28-23-6-4-5-18(2)19(23)3/h4-15H,16H2,1-3H3,(H,28,30)/b24-15-. The van der Waals surface area contributed by atoms with Gasteiger partial charge in [-0.25, -0.2) is 0 Å². The van der Waals surface area contributed by atoms with E-state index in [1.807, 2.05) is 81.4 Å². The van der Waals surface area contributed by atoms with Crippen LogP contribution in [-0.2, 0) is 9.59 Å². The van der Waals surface area contributed by atoms with Crippen molar-refractivity contribution in [3.05, 3.63) is 93.9 Å². The number of ether oxygens (including phenoxy) is 1. The molecule has 7 heteroatoms. The van der Waals surface area contributed by atoms with Gasteiger partial charge in [0.2, 0.25) is 0 Å². The fourth-order valence-corrected chi connectivity index (χ4v) is 4.72. The highest BCUT2D eigenvalue weighted by Gasteiger charge is 2.33. The quantitative estimate of drug-likeness (QED) is 0.339. The molecule has 1 aliphatic heterocycles. The molecule has 2 amide bonds. The zero-order valence-corrected chi connectivity index (χ0v) is 20.8. The molecule has 0 atom stereocenters. The zero-order chi connectivity index (χ0) is 24.2. The second-order valence-corrected chi connectivity index (χ2v) is 9.68. The average molecular weight is 489 g/mol. The van der Waals surface area contributed by atoms with E-state index in [2.05, 4.69) is 5.32 Å². The van der Waals surface area contributed by atoms with Crippen molar-refractivity contribution in [3.63, 3.8) is 0 Å². The summed E-state index contributed by atoms with van der Waals surface area (Å²) in [5, 5.41) is 2.88. The fourth-order valence-electron chi connectivity index (χ4n) is 3.42. The van der Waals surface area contributed by atoms with Crippen LogP contribution in [0.25, 0.3) is 6.08 Å². The molecule has 172 valence electrons. The average Bonchev–Trinajstić information content (AvgIpc) is 3.10. The monoisotopic (exact) mass is 488 g/mol. The summed E-state index contributed by atoms with van der Waals surface area (Å²) in [7, 11) is 0. The van der Waals surface area contributed by atoms with Gasteiger partial charge in [0, 0.05) is 5.69 Å². The van der Waals surface area contributed by atoms with Crippen LogP contribution in [0.5, 0.6) is 5.75 Å². The molecule has 34 heavy (non-hydrogen) atoms. The summed E-state index contributed by atoms with van der Waals surface area (Å²) in [5.74, 6) is 0.209. The Morgan fingerprint density at radius 3 is 2.44 bits per heavy atom. The van der Waals surface area contributed by atoms with Gasteiger partial charge in [-0.3, -0.25) is 14.5 Å². The summed E-state index contributed by atoms with van der Waals surface area (Å²) in [4.78, 5) is 27.3. The number of aryl methyl sites for hydroxylation is 2. The number of thioether (sulfide) groups is 1. The molecule has 1 saturated heterocycles. The lowest BCUT2D eigenvalue weighted by Gasteiger charge is -2.14. The third-order valence-corrected chi connectivity index (χ3v) is 6.81. The highest BCUT2D eigenvalue weighted by atomic mass is 32.2. The van der Waals surface area contributed by atoms with E-state index >= 15 is 0 Å². The predicted molar refractivity (Wildman–Crippen MR) is 143 cm³/mol. The Morgan fingerprint density at radius 2 is 1.74 bits per heavy atom. The number of benzene rings is 3. The number of carbonyl (C=O) groups is 2. The summed E-state index contributed by atoms with van der Waals surface area (Å²) in [5.41, 5.74) is 5.66. The summed E-state index contributed by atoms with van der Waals surface area (Å²) >= 11 is 6.72. The van der Waals surface area contributed by atoms with E-state index in [0.29, 0.717) is 15.0 Å². The van der Waals surface area contributed by atoms with E-state index < -0.39 is 0 Å². The van der Waals surface area contributed by atoms with Crippen molar-refractivity contribution >= 4 is 57.6 Å². The molecule has 0 saturated carbocycles. The van der Waals surface area contributed by atoms with Crippen molar-refractivity contribution in [2.24, 2.45) is 0 Å². The largest absolute Gasteiger partial charge is 0.484 e. The molecule has 4 rings (SSSR count). The van der Waals surface area contributed by atoms with E-state index in [4.69, 9.17) is 17.0 Å². The second-order valence-electron chi connectivity index (χ2n) is 8.01. The second kappa shape index (κ2) is 10.2. The molecule has 0 unspecified atom stereocenters. The Morgan fingerprint density at radius 1 is 1.03 bits per heavy atom. The number of rotatable bonds is 6. The van der Waals surface area contributed by atoms with E-state index in [9.17, 15) is 9.59 Å². The van der Waals surface area contributed by atoms with Crippen LogP contribution in [0.15, 0.2) is 71.6 Å². The first-order valence-corrected chi connectivity index (χ1v) is 12.0. The molecule has 0 aromatic heterocycles. The summed E-state index contributed by atoms with van der Waals surface area (Å²) in [6, 6.07) is 20.7. The van der Waals surface area contributed by atoms with Gasteiger partial charge in [0.15, 0.2) is 10.9 Å². The Hall–Kier alpha value is -3.42. The number of thiocarbonyl (C=S) groups is 1. The topological polar surface area (TPSA) is 58.6 Å². The van der Waals surface area contributed by atoms with Crippen molar-refractivity contribution in [1.29, 1.82) is 0 Å². The summed E-state index contributed by atoms with van der Waals surface area (Å²) in [6.07, 6.45) is 1.81. The first-order valence-electron chi connectivity index (χ1n) is 10.8. The third kappa shape index (κ3) is 5.38. The highest BCUT2D eigenvalue weighted by molar-refractivity contribution is 8.27. The van der Waals surface area contributed by atoms with Crippen LogP contribution in [0.4, 0.5) is 11.4 Å². The maximum absolute atomic E-state index is 12.9. The fraction of sp³-hybridized carbons (Fsp3) is 0.148. The zero-order valence-electron chi connectivity index (χ0n) is 19.1. The molecule has 3 aromatic carbocycles. The number of nitrogens with zero attached hydrogens (tertiary/aromatic N) is 1. The lowest BCUT2D eigenvalue weighted by molar-refractivity contribution is -0.118. The molecule has 1 N–H and O–H groups in total. The van der Waals surface area contributed by atoms with E-state index in [0.717, 1.165) is 33.6 Å². The van der Waals surface area contributed by atoms with Crippen molar-refractivity contribution in [1.82, 2.24) is 0 Å². The van der Waals surface area contributed by atoms with Crippen LogP contribution in [0, 0.1) is 20.8 Å². The van der Waals surface area contributed by atoms with Gasteiger partial charge in [0.05, 0.1) is 10.6 Å². The Balaban J connectivity index is 1.37. The predicted octanol–water partition coefficient (Wildman–Crippen LogP) is 6.04. The van der Waals surface area contributed by atoms with Crippen LogP contribution < -0.4 is 15.0 Å². The summed E-state index contributed by atoms with van der Waals surface area (Å²) < 4.78 is 6.13. The molecule has 1 aliphatic rings. The lowest BCUT2D eigenvalue weighted by atomic mass is 10.1. The molecule has 1 fully saturated rings. The number of amides is 2. The normalized spacial score (nSPS) is 14.6. The summed E-state index contributed by atoms with van der Waals surface area (Å²) in [6.45, 7) is 5.88. The Kier molecular flexibility index (Phi) is 7.14. The van der Waals surface area contributed by atoms with Crippen LogP contribution in [0.3, 0.4) is 0 Å². The first kappa shape index (κ1) is 23.7. The maximum atomic E-state index is 12.9. The minimum atomic E-state index is -0.224. The molecule has 0 radical (unpaired) electrons. The van der Waals surface area contributed by atoms with Crippen molar-refractivity contribution < 1.29 is 14.3 Å². The first-order chi connectivity index (χ1) is 16.3. The number of anilines is 2. The van der Waals surface area contributed by atoms with E-state index in [-0.39, 0.29) is 18.4 Å². The van der Waals surface area contributed by atoms with Gasteiger partial charge in [-0.2, -0.15) is 0 Å². The van der Waals surface area contributed by atoms with Crippen molar-refractivity contribution in [3.8, 4) is 5.75 Å². The van der Waals surface area contributed by atoms with Crippen molar-refractivity contribution in [2.75, 3.05) is 16.8 Å². The SMILES string of the molecule is Cc1ccc(N2C(=O)/C(=C/c3ccc(OCC(=O)Nc4cccc(C)c4C)cc3)SC2=S)cc1. The number of hydrogen-bond acceptors (Lipinski definition) is 5. The lowest BCUT2D eigenvalue weighted by Crippen LogP contribution is -2.27. The number of carbonyl (C=O) groups excluding carboxylic acids is 2. The Bertz CT molecular complexity index is 1280. The van der Waals surface area contributed by atoms with Gasteiger partial charge >= 0.3 is 0 Å². The van der Waals surface area contributed by atoms with E-state index in [1.54, 1.807) is 17.0 Å².